The Morgan fingerprint density at radius 3 is 2.41 bits per heavy atom. The molecule has 0 spiro atoms. The summed E-state index contributed by atoms with van der Waals surface area (Å²) in [6, 6.07) is 10.5. The van der Waals surface area contributed by atoms with E-state index in [0.717, 1.165) is 5.56 Å². The van der Waals surface area contributed by atoms with E-state index in [2.05, 4.69) is 5.32 Å². The maximum Gasteiger partial charge on any atom is 0.338 e. The maximum atomic E-state index is 13.1. The van der Waals surface area contributed by atoms with Crippen molar-refractivity contribution in [3.8, 4) is 11.5 Å². The molecule has 6 N–H and O–H groups in total. The number of amides is 1. The van der Waals surface area contributed by atoms with Crippen molar-refractivity contribution in [3.63, 3.8) is 0 Å². The van der Waals surface area contributed by atoms with Crippen LogP contribution < -0.4 is 5.32 Å². The number of ether oxygens (including phenoxy) is 4. The Morgan fingerprint density at radius 1 is 1.11 bits per heavy atom. The lowest BCUT2D eigenvalue weighted by atomic mass is 9.73. The number of aliphatic hydroxyl groups excluding tert-OH is 3. The van der Waals surface area contributed by atoms with Gasteiger partial charge in [-0.2, -0.15) is 0 Å². The Balaban J connectivity index is 1.43. The number of phenolic OH excluding ortho intramolecular Hbond substituents is 2. The van der Waals surface area contributed by atoms with E-state index in [9.17, 15) is 35.1 Å². The molecular weight excluding hydrogens is 598 g/mol. The predicted octanol–water partition coefficient (Wildman–Crippen LogP) is 2.13. The molecule has 0 saturated carbocycles. The molecule has 2 heterocycles. The molecule has 0 aliphatic carbocycles. The molecular formula is C34H47NO11. The Kier molecular flexibility index (Phi) is 11.3. The van der Waals surface area contributed by atoms with Gasteiger partial charge in [0.25, 0.3) is 5.91 Å². The van der Waals surface area contributed by atoms with Crippen LogP contribution in [0.5, 0.6) is 11.5 Å². The van der Waals surface area contributed by atoms with E-state index in [1.807, 2.05) is 44.2 Å². The molecule has 0 unspecified atom stereocenters. The van der Waals surface area contributed by atoms with Gasteiger partial charge in [0.15, 0.2) is 23.8 Å². The Labute approximate surface area is 269 Å². The summed E-state index contributed by atoms with van der Waals surface area (Å²) in [6.07, 6.45) is -6.78. The standard InChI is InChI=1S/C34H47NO11/c1-17-20-14-24(46-33(42)21(20)13-23(37)29(17)39)18(2)22(36)15-28-34(3,4)27(38)16-26(45-28)32(44-6)35-31(41)30(40)25(43-5)12-19-10-8-7-9-11-19/h7-11,13,18,22,24-28,30,32,36-40H,12,14-16H2,1-6H3,(H,35,41)/t18-,22+,24-,25+,26+,27-,28-,30+,32+/m1/s1. The molecule has 12 nitrogen and oxygen atoms in total. The van der Waals surface area contributed by atoms with Crippen LogP contribution in [0.4, 0.5) is 0 Å². The first-order valence-electron chi connectivity index (χ1n) is 15.5. The van der Waals surface area contributed by atoms with Gasteiger partial charge in [-0.25, -0.2) is 4.79 Å². The number of esters is 1. The molecule has 254 valence electrons. The van der Waals surface area contributed by atoms with Crippen LogP contribution in [-0.2, 0) is 36.6 Å². The van der Waals surface area contributed by atoms with Crippen molar-refractivity contribution in [2.24, 2.45) is 11.3 Å². The fraction of sp³-hybridized carbons (Fsp3) is 0.588. The van der Waals surface area contributed by atoms with Crippen LogP contribution in [-0.4, -0.2) is 101 Å². The van der Waals surface area contributed by atoms with Gasteiger partial charge >= 0.3 is 5.97 Å². The van der Waals surface area contributed by atoms with Crippen LogP contribution in [0.2, 0.25) is 0 Å². The minimum Gasteiger partial charge on any atom is -0.504 e. The third kappa shape index (κ3) is 7.48. The number of carbonyl (C=O) groups excluding carboxylic acids is 2. The fourth-order valence-electron chi connectivity index (χ4n) is 6.30. The molecule has 9 atom stereocenters. The number of fused-ring (bicyclic) bond motifs is 1. The third-order valence-electron chi connectivity index (χ3n) is 9.75. The maximum absolute atomic E-state index is 13.1. The van der Waals surface area contributed by atoms with Gasteiger partial charge in [-0.3, -0.25) is 4.79 Å². The average molecular weight is 646 g/mol. The van der Waals surface area contributed by atoms with Crippen LogP contribution >= 0.6 is 0 Å². The zero-order chi connectivity index (χ0) is 33.9. The minimum atomic E-state index is -1.51. The van der Waals surface area contributed by atoms with Crippen molar-refractivity contribution in [1.29, 1.82) is 0 Å². The summed E-state index contributed by atoms with van der Waals surface area (Å²) >= 11 is 0. The molecule has 46 heavy (non-hydrogen) atoms. The van der Waals surface area contributed by atoms with Crippen LogP contribution in [0.3, 0.4) is 0 Å². The van der Waals surface area contributed by atoms with E-state index in [4.69, 9.17) is 18.9 Å². The number of aromatic hydroxyl groups is 2. The summed E-state index contributed by atoms with van der Waals surface area (Å²) in [4.78, 5) is 25.9. The van der Waals surface area contributed by atoms with Crippen LogP contribution in [0.15, 0.2) is 36.4 Å². The predicted molar refractivity (Wildman–Crippen MR) is 166 cm³/mol. The fourth-order valence-corrected chi connectivity index (χ4v) is 6.30. The molecule has 12 heteroatoms. The molecule has 1 saturated heterocycles. The zero-order valence-corrected chi connectivity index (χ0v) is 27.2. The number of hydrogen-bond donors (Lipinski definition) is 6. The number of rotatable bonds is 12. The number of phenols is 2. The van der Waals surface area contributed by atoms with Gasteiger partial charge in [-0.1, -0.05) is 51.1 Å². The van der Waals surface area contributed by atoms with Crippen molar-refractivity contribution < 1.29 is 54.1 Å². The molecule has 0 radical (unpaired) electrons. The first-order chi connectivity index (χ1) is 21.7. The smallest absolute Gasteiger partial charge is 0.338 e. The molecule has 2 aliphatic rings. The van der Waals surface area contributed by atoms with Gasteiger partial charge in [0.2, 0.25) is 0 Å². The van der Waals surface area contributed by atoms with Gasteiger partial charge in [-0.15, -0.1) is 0 Å². The number of hydrogen-bond acceptors (Lipinski definition) is 11. The average Bonchev–Trinajstić information content (AvgIpc) is 3.03. The van der Waals surface area contributed by atoms with E-state index < -0.39 is 77.9 Å². The summed E-state index contributed by atoms with van der Waals surface area (Å²) in [5.74, 6) is -2.66. The monoisotopic (exact) mass is 645 g/mol. The summed E-state index contributed by atoms with van der Waals surface area (Å²) in [5.41, 5.74) is 1.17. The van der Waals surface area contributed by atoms with Crippen LogP contribution in [0, 0.1) is 18.3 Å². The number of methoxy groups -OCH3 is 2. The Hall–Kier alpha value is -3.26. The largest absolute Gasteiger partial charge is 0.504 e. The second-order valence-corrected chi connectivity index (χ2v) is 13.0. The van der Waals surface area contributed by atoms with E-state index >= 15 is 0 Å². The number of cyclic esters (lactones) is 1. The first-order valence-corrected chi connectivity index (χ1v) is 15.5. The van der Waals surface area contributed by atoms with E-state index in [0.29, 0.717) is 17.5 Å². The molecule has 0 bridgehead atoms. The summed E-state index contributed by atoms with van der Waals surface area (Å²) in [6.45, 7) is 6.99. The highest BCUT2D eigenvalue weighted by molar-refractivity contribution is 5.93. The topological polar surface area (TPSA) is 184 Å². The number of benzene rings is 2. The van der Waals surface area contributed by atoms with Gasteiger partial charge in [0.1, 0.15) is 12.2 Å². The molecule has 4 rings (SSSR count). The normalized spacial score (nSPS) is 25.8. The van der Waals surface area contributed by atoms with E-state index in [1.165, 1.54) is 20.3 Å². The first kappa shape index (κ1) is 35.6. The third-order valence-corrected chi connectivity index (χ3v) is 9.75. The highest BCUT2D eigenvalue weighted by Crippen LogP contribution is 2.42. The molecule has 0 aromatic heterocycles. The number of carbonyl (C=O) groups is 2. The van der Waals surface area contributed by atoms with Gasteiger partial charge < -0.3 is 49.8 Å². The minimum absolute atomic E-state index is 0.0677. The van der Waals surface area contributed by atoms with Crippen molar-refractivity contribution in [3.05, 3.63) is 58.7 Å². The molecule has 2 aliphatic heterocycles. The molecule has 1 amide bonds. The van der Waals surface area contributed by atoms with E-state index in [-0.39, 0.29) is 30.6 Å². The number of nitrogens with one attached hydrogen (secondary N) is 1. The molecule has 2 aromatic rings. The Morgan fingerprint density at radius 2 is 1.78 bits per heavy atom. The van der Waals surface area contributed by atoms with E-state index in [1.54, 1.807) is 13.8 Å². The molecule has 2 aromatic carbocycles. The zero-order valence-electron chi connectivity index (χ0n) is 27.2. The summed E-state index contributed by atoms with van der Waals surface area (Å²) in [7, 11) is 2.80. The lowest BCUT2D eigenvalue weighted by Crippen LogP contribution is -2.59. The van der Waals surface area contributed by atoms with Crippen molar-refractivity contribution in [1.82, 2.24) is 5.32 Å². The molecule has 1 fully saturated rings. The summed E-state index contributed by atoms with van der Waals surface area (Å²) < 4.78 is 23.0. The van der Waals surface area contributed by atoms with Gasteiger partial charge in [-0.05, 0) is 29.7 Å². The van der Waals surface area contributed by atoms with Crippen molar-refractivity contribution in [2.45, 2.75) is 102 Å². The van der Waals surface area contributed by atoms with Crippen molar-refractivity contribution >= 4 is 11.9 Å². The SMILES string of the molecule is CO[C@@H](Cc1ccccc1)[C@H](O)C(=O)N[C@@H](OC)[C@@H]1C[C@@H](O)C(C)(C)[C@@H](C[C@H](O)[C@@H](C)[C@H]2Cc3c(cc(O)c(O)c3C)C(=O)O2)O1. The van der Waals surface area contributed by atoms with Gasteiger partial charge in [0.05, 0.1) is 30.0 Å². The second-order valence-electron chi connectivity index (χ2n) is 13.0. The van der Waals surface area contributed by atoms with Crippen LogP contribution in [0.25, 0.3) is 0 Å². The second kappa shape index (κ2) is 14.7. The highest BCUT2D eigenvalue weighted by atomic mass is 16.6. The summed E-state index contributed by atoms with van der Waals surface area (Å²) in [5, 5.41) is 56.2. The Bertz CT molecular complexity index is 1370. The quantitative estimate of drug-likeness (QED) is 0.113. The number of aliphatic hydroxyl groups is 3. The van der Waals surface area contributed by atoms with Crippen LogP contribution in [0.1, 0.15) is 60.7 Å². The lowest BCUT2D eigenvalue weighted by Gasteiger charge is -2.48. The lowest BCUT2D eigenvalue weighted by molar-refractivity contribution is -0.217. The van der Waals surface area contributed by atoms with Crippen molar-refractivity contribution in [2.75, 3.05) is 14.2 Å². The highest BCUT2D eigenvalue weighted by Gasteiger charge is 2.48. The van der Waals surface area contributed by atoms with Gasteiger partial charge in [0, 0.05) is 51.2 Å².